The van der Waals surface area contributed by atoms with E-state index < -0.39 is 6.10 Å². The van der Waals surface area contributed by atoms with Crippen LogP contribution < -0.4 is 9.64 Å². The average Bonchev–Trinajstić information content (AvgIpc) is 2.45. The van der Waals surface area contributed by atoms with Gasteiger partial charge in [0.1, 0.15) is 25.0 Å². The van der Waals surface area contributed by atoms with Crippen molar-refractivity contribution in [2.45, 2.75) is 72.1 Å². The molecule has 1 saturated heterocycles. The number of hydrogen-bond donors (Lipinski definition) is 2. The van der Waals surface area contributed by atoms with Crippen LogP contribution in [0.1, 0.15) is 49.8 Å². The zero-order valence-corrected chi connectivity index (χ0v) is 14.8. The molecular weight excluding hydrogens is 274 g/mol. The Balaban J connectivity index is 1.91. The first-order valence-corrected chi connectivity index (χ1v) is 8.62. The van der Waals surface area contributed by atoms with Gasteiger partial charge in [-0.2, -0.15) is 0 Å². The number of hydrogen-bond acceptors (Lipinski definition) is 2. The summed E-state index contributed by atoms with van der Waals surface area (Å²) in [5.74, 6) is 0.909. The topological polar surface area (TPSA) is 33.9 Å². The molecule has 124 valence electrons. The standard InChI is InChI=1S/C19H31NO2/c1-13-9-14(2)17(5)19(10-13)22-12-18(21)11-20-15(3)7-6-8-16(20)4/h9-10,15-16,18,21H,6-8,11-12H2,1-5H3/p+1/t15-,16-,18+/m0/s1. The molecule has 0 spiro atoms. The molecule has 3 atom stereocenters. The van der Waals surface area contributed by atoms with Crippen LogP contribution in [0.15, 0.2) is 12.1 Å². The Morgan fingerprint density at radius 2 is 1.82 bits per heavy atom. The van der Waals surface area contributed by atoms with Crippen LogP contribution >= 0.6 is 0 Å². The van der Waals surface area contributed by atoms with Crippen molar-refractivity contribution in [2.75, 3.05) is 13.2 Å². The molecule has 0 aliphatic carbocycles. The van der Waals surface area contributed by atoms with E-state index in [1.165, 1.54) is 40.9 Å². The SMILES string of the molecule is Cc1cc(C)c(C)c(OC[C@H](O)C[NH+]2[C@@H](C)CCC[C@@H]2C)c1. The monoisotopic (exact) mass is 306 g/mol. The molecule has 22 heavy (non-hydrogen) atoms. The molecule has 1 heterocycles. The van der Waals surface area contributed by atoms with E-state index in [1.54, 1.807) is 0 Å². The van der Waals surface area contributed by atoms with Gasteiger partial charge >= 0.3 is 0 Å². The summed E-state index contributed by atoms with van der Waals surface area (Å²) < 4.78 is 5.91. The van der Waals surface area contributed by atoms with E-state index in [-0.39, 0.29) is 0 Å². The number of rotatable bonds is 5. The van der Waals surface area contributed by atoms with Crippen molar-refractivity contribution < 1.29 is 14.7 Å². The Morgan fingerprint density at radius 3 is 2.45 bits per heavy atom. The number of aliphatic hydroxyl groups excluding tert-OH is 1. The van der Waals surface area contributed by atoms with E-state index in [2.05, 4.69) is 46.8 Å². The molecule has 0 aromatic heterocycles. The van der Waals surface area contributed by atoms with Crippen molar-refractivity contribution in [1.29, 1.82) is 0 Å². The summed E-state index contributed by atoms with van der Waals surface area (Å²) in [6, 6.07) is 5.51. The Labute approximate surface area is 135 Å². The van der Waals surface area contributed by atoms with E-state index in [9.17, 15) is 5.11 Å². The first-order chi connectivity index (χ1) is 10.4. The normalized spacial score (nSPS) is 24.3. The molecule has 0 radical (unpaired) electrons. The second-order valence-electron chi connectivity index (χ2n) is 7.18. The highest BCUT2D eigenvalue weighted by atomic mass is 16.5. The molecule has 1 aromatic carbocycles. The molecule has 0 unspecified atom stereocenters. The molecule has 1 aliphatic heterocycles. The predicted octanol–water partition coefficient (Wildman–Crippen LogP) is 2.20. The van der Waals surface area contributed by atoms with Crippen molar-refractivity contribution in [3.05, 3.63) is 28.8 Å². The quantitative estimate of drug-likeness (QED) is 0.874. The molecule has 3 heteroatoms. The highest BCUT2D eigenvalue weighted by molar-refractivity contribution is 5.41. The highest BCUT2D eigenvalue weighted by Crippen LogP contribution is 2.23. The Bertz CT molecular complexity index is 490. The number of likely N-dealkylation sites (tertiary alicyclic amines) is 1. The van der Waals surface area contributed by atoms with Crippen LogP contribution in [0.4, 0.5) is 0 Å². The molecule has 3 nitrogen and oxygen atoms in total. The molecular formula is C19H32NO2+. The fraction of sp³-hybridized carbons (Fsp3) is 0.684. The zero-order valence-electron chi connectivity index (χ0n) is 14.8. The lowest BCUT2D eigenvalue weighted by molar-refractivity contribution is -0.954. The van der Waals surface area contributed by atoms with Crippen LogP contribution in [0.5, 0.6) is 5.75 Å². The van der Waals surface area contributed by atoms with E-state index >= 15 is 0 Å². The summed E-state index contributed by atoms with van der Waals surface area (Å²) in [7, 11) is 0. The van der Waals surface area contributed by atoms with Gasteiger partial charge in [0, 0.05) is 0 Å². The summed E-state index contributed by atoms with van der Waals surface area (Å²) in [5.41, 5.74) is 3.62. The van der Waals surface area contributed by atoms with Crippen molar-refractivity contribution in [1.82, 2.24) is 0 Å². The largest absolute Gasteiger partial charge is 0.490 e. The summed E-state index contributed by atoms with van der Waals surface area (Å²) >= 11 is 0. The minimum Gasteiger partial charge on any atom is -0.490 e. The smallest absolute Gasteiger partial charge is 0.137 e. The maximum atomic E-state index is 10.4. The molecule has 0 bridgehead atoms. The number of ether oxygens (including phenoxy) is 1. The lowest BCUT2D eigenvalue weighted by Crippen LogP contribution is -3.20. The Morgan fingerprint density at radius 1 is 1.18 bits per heavy atom. The summed E-state index contributed by atoms with van der Waals surface area (Å²) in [5, 5.41) is 10.4. The van der Waals surface area contributed by atoms with E-state index in [0.717, 1.165) is 12.3 Å². The third kappa shape index (κ3) is 4.23. The molecule has 1 aliphatic rings. The number of piperidine rings is 1. The Kier molecular flexibility index (Phi) is 5.87. The van der Waals surface area contributed by atoms with Crippen LogP contribution in [0, 0.1) is 20.8 Å². The van der Waals surface area contributed by atoms with Crippen molar-refractivity contribution in [3.8, 4) is 5.75 Å². The zero-order chi connectivity index (χ0) is 16.3. The lowest BCUT2D eigenvalue weighted by Gasteiger charge is -2.36. The first-order valence-electron chi connectivity index (χ1n) is 8.62. The van der Waals surface area contributed by atoms with Gasteiger partial charge in [-0.1, -0.05) is 6.07 Å². The predicted molar refractivity (Wildman–Crippen MR) is 90.8 cm³/mol. The first kappa shape index (κ1) is 17.3. The van der Waals surface area contributed by atoms with Gasteiger partial charge in [0.15, 0.2) is 0 Å². The van der Waals surface area contributed by atoms with Gasteiger partial charge in [-0.3, -0.25) is 0 Å². The third-order valence-electron chi connectivity index (χ3n) is 5.21. The van der Waals surface area contributed by atoms with Crippen LogP contribution in [-0.2, 0) is 0 Å². The van der Waals surface area contributed by atoms with Gasteiger partial charge in [0.2, 0.25) is 0 Å². The Hall–Kier alpha value is -1.06. The minimum absolute atomic E-state index is 0.382. The van der Waals surface area contributed by atoms with Crippen molar-refractivity contribution >= 4 is 0 Å². The van der Waals surface area contributed by atoms with E-state index in [4.69, 9.17) is 4.74 Å². The minimum atomic E-state index is -0.404. The third-order valence-corrected chi connectivity index (χ3v) is 5.21. The van der Waals surface area contributed by atoms with Gasteiger partial charge < -0.3 is 14.7 Å². The van der Waals surface area contributed by atoms with Gasteiger partial charge in [0.05, 0.1) is 12.1 Å². The molecule has 0 amide bonds. The fourth-order valence-corrected chi connectivity index (χ4v) is 3.66. The molecule has 1 fully saturated rings. The molecule has 2 N–H and O–H groups in total. The summed E-state index contributed by atoms with van der Waals surface area (Å²) in [4.78, 5) is 1.53. The molecule has 1 aromatic rings. The second-order valence-corrected chi connectivity index (χ2v) is 7.18. The van der Waals surface area contributed by atoms with Crippen LogP contribution in [0.2, 0.25) is 0 Å². The molecule has 2 rings (SSSR count). The number of aliphatic hydroxyl groups is 1. The van der Waals surface area contributed by atoms with Gasteiger partial charge in [-0.15, -0.1) is 0 Å². The summed E-state index contributed by atoms with van der Waals surface area (Å²) in [6.07, 6.45) is 3.45. The molecule has 0 saturated carbocycles. The second kappa shape index (κ2) is 7.47. The fourth-order valence-electron chi connectivity index (χ4n) is 3.66. The lowest BCUT2D eigenvalue weighted by atomic mass is 9.97. The van der Waals surface area contributed by atoms with Crippen molar-refractivity contribution in [2.24, 2.45) is 0 Å². The van der Waals surface area contributed by atoms with E-state index in [1.807, 2.05) is 0 Å². The van der Waals surface area contributed by atoms with Gasteiger partial charge in [0.25, 0.3) is 0 Å². The number of nitrogens with one attached hydrogen (secondary N) is 1. The van der Waals surface area contributed by atoms with Crippen LogP contribution in [0.3, 0.4) is 0 Å². The van der Waals surface area contributed by atoms with Crippen LogP contribution in [0.25, 0.3) is 0 Å². The number of quaternary nitrogens is 1. The number of benzene rings is 1. The van der Waals surface area contributed by atoms with Gasteiger partial charge in [-0.05, 0) is 76.6 Å². The average molecular weight is 306 g/mol. The van der Waals surface area contributed by atoms with Gasteiger partial charge in [-0.25, -0.2) is 0 Å². The maximum Gasteiger partial charge on any atom is 0.137 e. The summed E-state index contributed by atoms with van der Waals surface area (Å²) in [6.45, 7) is 12.0. The van der Waals surface area contributed by atoms with Crippen LogP contribution in [-0.4, -0.2) is 36.4 Å². The maximum absolute atomic E-state index is 10.4. The van der Waals surface area contributed by atoms with E-state index in [0.29, 0.717) is 18.7 Å². The highest BCUT2D eigenvalue weighted by Gasteiger charge is 2.30. The number of aryl methyl sites for hydroxylation is 2. The van der Waals surface area contributed by atoms with Crippen molar-refractivity contribution in [3.63, 3.8) is 0 Å².